The van der Waals surface area contributed by atoms with Gasteiger partial charge in [-0.2, -0.15) is 4.98 Å². The molecule has 146 valence electrons. The number of nitrogens with one attached hydrogen (secondary N) is 1. The molecule has 7 nitrogen and oxygen atoms in total. The van der Waals surface area contributed by atoms with E-state index in [-0.39, 0.29) is 10.8 Å². The van der Waals surface area contributed by atoms with E-state index in [0.717, 1.165) is 5.56 Å². The van der Waals surface area contributed by atoms with Crippen molar-refractivity contribution in [3.05, 3.63) is 78.9 Å². The lowest BCUT2D eigenvalue weighted by Crippen LogP contribution is -2.13. The lowest BCUT2D eigenvalue weighted by Gasteiger charge is -2.09. The molecule has 4 aromatic rings. The van der Waals surface area contributed by atoms with E-state index in [2.05, 4.69) is 14.9 Å². The molecule has 0 aliphatic carbocycles. The second-order valence-electron chi connectivity index (χ2n) is 6.15. The number of sulfonamides is 1. The Morgan fingerprint density at radius 1 is 0.897 bits per heavy atom. The molecule has 3 aromatic carbocycles. The molecule has 0 unspecified atom stereocenters. The Balaban J connectivity index is 1.62. The second-order valence-corrected chi connectivity index (χ2v) is 7.84. The summed E-state index contributed by atoms with van der Waals surface area (Å²) in [6, 6.07) is 22.4. The topological polar surface area (TPSA) is 94.3 Å². The fraction of sp³-hybridized carbons (Fsp3) is 0.0476. The van der Waals surface area contributed by atoms with Gasteiger partial charge in [-0.3, -0.25) is 4.72 Å². The zero-order valence-corrected chi connectivity index (χ0v) is 16.3. The third kappa shape index (κ3) is 4.12. The van der Waals surface area contributed by atoms with Crippen molar-refractivity contribution in [2.24, 2.45) is 0 Å². The van der Waals surface area contributed by atoms with Crippen LogP contribution in [0.25, 0.3) is 22.8 Å². The number of hydrogen-bond donors (Lipinski definition) is 1. The van der Waals surface area contributed by atoms with E-state index in [1.807, 2.05) is 30.3 Å². The van der Waals surface area contributed by atoms with Gasteiger partial charge in [0.2, 0.25) is 5.82 Å². The van der Waals surface area contributed by atoms with Crippen LogP contribution in [0.15, 0.2) is 88.3 Å². The van der Waals surface area contributed by atoms with Gasteiger partial charge in [0.15, 0.2) is 0 Å². The minimum absolute atomic E-state index is 0.0808. The number of benzene rings is 3. The van der Waals surface area contributed by atoms with Crippen molar-refractivity contribution in [2.45, 2.75) is 4.90 Å². The molecule has 29 heavy (non-hydrogen) atoms. The molecular weight excluding hydrogens is 390 g/mol. The summed E-state index contributed by atoms with van der Waals surface area (Å²) in [5.74, 6) is 1.23. The molecule has 0 bridgehead atoms. The Labute approximate surface area is 168 Å². The largest absolute Gasteiger partial charge is 0.497 e. The van der Waals surface area contributed by atoms with Gasteiger partial charge in [-0.1, -0.05) is 47.6 Å². The maximum absolute atomic E-state index is 12.8. The van der Waals surface area contributed by atoms with Crippen LogP contribution in [-0.2, 0) is 10.0 Å². The molecule has 8 heteroatoms. The van der Waals surface area contributed by atoms with Gasteiger partial charge in [0.05, 0.1) is 17.7 Å². The van der Waals surface area contributed by atoms with Crippen LogP contribution in [0.1, 0.15) is 0 Å². The molecule has 0 atom stereocenters. The standard InChI is InChI=1S/C21H17N3O4S/c1-27-18-11-6-10-17(14-18)24-29(25,26)19-12-5-9-16(13-19)21-22-20(23-28-21)15-7-3-2-4-8-15/h2-14,24H,1H3. The van der Waals surface area contributed by atoms with E-state index in [9.17, 15) is 8.42 Å². The average molecular weight is 407 g/mol. The highest BCUT2D eigenvalue weighted by Gasteiger charge is 2.17. The fourth-order valence-electron chi connectivity index (χ4n) is 2.74. The van der Waals surface area contributed by atoms with Gasteiger partial charge >= 0.3 is 0 Å². The maximum Gasteiger partial charge on any atom is 0.261 e. The molecule has 0 radical (unpaired) electrons. The van der Waals surface area contributed by atoms with Gasteiger partial charge < -0.3 is 9.26 Å². The number of methoxy groups -OCH3 is 1. The smallest absolute Gasteiger partial charge is 0.261 e. The molecule has 0 amide bonds. The van der Waals surface area contributed by atoms with Gasteiger partial charge in [-0.05, 0) is 30.3 Å². The maximum atomic E-state index is 12.8. The molecule has 1 N–H and O–H groups in total. The molecule has 0 spiro atoms. The summed E-state index contributed by atoms with van der Waals surface area (Å²) in [6.07, 6.45) is 0. The van der Waals surface area contributed by atoms with E-state index in [0.29, 0.717) is 22.8 Å². The van der Waals surface area contributed by atoms with Crippen LogP contribution in [0, 0.1) is 0 Å². The average Bonchev–Trinajstić information content (AvgIpc) is 3.25. The Hall–Kier alpha value is -3.65. The molecule has 0 aliphatic heterocycles. The number of anilines is 1. The first kappa shape index (κ1) is 18.7. The van der Waals surface area contributed by atoms with Gasteiger partial charge in [0.1, 0.15) is 5.75 Å². The van der Waals surface area contributed by atoms with Crippen LogP contribution in [0.2, 0.25) is 0 Å². The summed E-state index contributed by atoms with van der Waals surface area (Å²) < 4.78 is 38.6. The van der Waals surface area contributed by atoms with E-state index < -0.39 is 10.0 Å². The molecule has 1 heterocycles. The van der Waals surface area contributed by atoms with Crippen molar-refractivity contribution < 1.29 is 17.7 Å². The summed E-state index contributed by atoms with van der Waals surface area (Å²) in [5, 5.41) is 3.98. The highest BCUT2D eigenvalue weighted by Crippen LogP contribution is 2.26. The van der Waals surface area contributed by atoms with Crippen LogP contribution in [0.4, 0.5) is 5.69 Å². The van der Waals surface area contributed by atoms with Gasteiger partial charge in [0, 0.05) is 17.2 Å². The number of aromatic nitrogens is 2. The fourth-order valence-corrected chi connectivity index (χ4v) is 3.84. The lowest BCUT2D eigenvalue weighted by atomic mass is 10.2. The van der Waals surface area contributed by atoms with Crippen LogP contribution in [0.3, 0.4) is 0 Å². The SMILES string of the molecule is COc1cccc(NS(=O)(=O)c2cccc(-c3nc(-c4ccccc4)no3)c2)c1. The predicted molar refractivity (Wildman–Crippen MR) is 109 cm³/mol. The normalized spacial score (nSPS) is 11.2. The van der Waals surface area contributed by atoms with Crippen LogP contribution < -0.4 is 9.46 Å². The Bertz CT molecular complexity index is 1240. The van der Waals surface area contributed by atoms with E-state index in [1.54, 1.807) is 36.4 Å². The van der Waals surface area contributed by atoms with Gasteiger partial charge in [-0.15, -0.1) is 0 Å². The number of hydrogen-bond acceptors (Lipinski definition) is 6. The quantitative estimate of drug-likeness (QED) is 0.514. The molecule has 4 rings (SSSR count). The third-order valence-corrected chi connectivity index (χ3v) is 5.55. The monoisotopic (exact) mass is 407 g/mol. The Morgan fingerprint density at radius 2 is 1.66 bits per heavy atom. The van der Waals surface area contributed by atoms with Crippen molar-refractivity contribution in [3.8, 4) is 28.6 Å². The van der Waals surface area contributed by atoms with Gasteiger partial charge in [-0.25, -0.2) is 8.42 Å². The van der Waals surface area contributed by atoms with Crippen LogP contribution >= 0.6 is 0 Å². The summed E-state index contributed by atoms with van der Waals surface area (Å²) in [7, 11) is -2.29. The summed E-state index contributed by atoms with van der Waals surface area (Å²) in [4.78, 5) is 4.45. The van der Waals surface area contributed by atoms with Crippen LogP contribution in [-0.4, -0.2) is 25.7 Å². The van der Waals surface area contributed by atoms with E-state index >= 15 is 0 Å². The molecule has 0 saturated heterocycles. The Kier molecular flexibility index (Phi) is 5.01. The number of nitrogens with zero attached hydrogens (tertiary/aromatic N) is 2. The van der Waals surface area contributed by atoms with Crippen molar-refractivity contribution in [3.63, 3.8) is 0 Å². The third-order valence-electron chi connectivity index (χ3n) is 4.17. The Morgan fingerprint density at radius 3 is 2.45 bits per heavy atom. The molecule has 0 saturated carbocycles. The molecule has 0 fully saturated rings. The first-order valence-electron chi connectivity index (χ1n) is 8.71. The lowest BCUT2D eigenvalue weighted by molar-refractivity contribution is 0.415. The van der Waals surface area contributed by atoms with Gasteiger partial charge in [0.25, 0.3) is 15.9 Å². The molecular formula is C21H17N3O4S. The van der Waals surface area contributed by atoms with Crippen molar-refractivity contribution in [2.75, 3.05) is 11.8 Å². The van der Waals surface area contributed by atoms with Crippen molar-refractivity contribution in [1.29, 1.82) is 0 Å². The molecule has 1 aromatic heterocycles. The van der Waals surface area contributed by atoms with Crippen LogP contribution in [0.5, 0.6) is 5.75 Å². The zero-order valence-electron chi connectivity index (χ0n) is 15.4. The predicted octanol–water partition coefficient (Wildman–Crippen LogP) is 4.21. The summed E-state index contributed by atoms with van der Waals surface area (Å²) in [6.45, 7) is 0. The highest BCUT2D eigenvalue weighted by atomic mass is 32.2. The minimum Gasteiger partial charge on any atom is -0.497 e. The minimum atomic E-state index is -3.81. The van der Waals surface area contributed by atoms with Crippen molar-refractivity contribution in [1.82, 2.24) is 10.1 Å². The number of ether oxygens (including phenoxy) is 1. The first-order chi connectivity index (χ1) is 14.0. The zero-order chi connectivity index (χ0) is 20.3. The van der Waals surface area contributed by atoms with Crippen molar-refractivity contribution >= 4 is 15.7 Å². The summed E-state index contributed by atoms with van der Waals surface area (Å²) >= 11 is 0. The summed E-state index contributed by atoms with van der Waals surface area (Å²) in [5.41, 5.74) is 1.72. The first-order valence-corrected chi connectivity index (χ1v) is 10.2. The second kappa shape index (κ2) is 7.76. The highest BCUT2D eigenvalue weighted by molar-refractivity contribution is 7.92. The van der Waals surface area contributed by atoms with E-state index in [1.165, 1.54) is 19.2 Å². The van der Waals surface area contributed by atoms with E-state index in [4.69, 9.17) is 9.26 Å². The molecule has 0 aliphatic rings. The number of rotatable bonds is 6.